The van der Waals surface area contributed by atoms with Gasteiger partial charge in [-0.2, -0.15) is 13.2 Å². The van der Waals surface area contributed by atoms with E-state index in [0.717, 1.165) is 0 Å². The van der Waals surface area contributed by atoms with Gasteiger partial charge < -0.3 is 15.7 Å². The minimum Gasteiger partial charge on any atom is -0.394 e. The van der Waals surface area contributed by atoms with Crippen LogP contribution in [0, 0.1) is 0 Å². The third kappa shape index (κ3) is 5.20. The number of alkyl halides is 3. The number of carbonyl (C=O) groups excluding carboxylic acids is 1. The van der Waals surface area contributed by atoms with Crippen molar-refractivity contribution in [2.24, 2.45) is 0 Å². The minimum atomic E-state index is -4.43. The molecule has 2 amide bonds. The molecule has 96 valence electrons. The van der Waals surface area contributed by atoms with E-state index in [1.165, 1.54) is 0 Å². The Morgan fingerprint density at radius 3 is 2.06 bits per heavy atom. The summed E-state index contributed by atoms with van der Waals surface area (Å²) in [5, 5.41) is 13.1. The largest absolute Gasteiger partial charge is 0.405 e. The van der Waals surface area contributed by atoms with Gasteiger partial charge >= 0.3 is 12.2 Å². The topological polar surface area (TPSA) is 61.4 Å². The maximum Gasteiger partial charge on any atom is 0.405 e. The van der Waals surface area contributed by atoms with Gasteiger partial charge in [0.15, 0.2) is 0 Å². The molecule has 0 aliphatic heterocycles. The standard InChI is InChI=1S/C9H17F3N2O2/c1-3-8(4-2,6-15)14-7(16)13-5-9(10,11)12/h15H,3-6H2,1-2H3,(H2,13,14,16). The summed E-state index contributed by atoms with van der Waals surface area (Å²) < 4.78 is 35.4. The van der Waals surface area contributed by atoms with Gasteiger partial charge in [-0.15, -0.1) is 0 Å². The number of urea groups is 1. The van der Waals surface area contributed by atoms with Crippen LogP contribution in [0.4, 0.5) is 18.0 Å². The highest BCUT2D eigenvalue weighted by Gasteiger charge is 2.30. The molecule has 0 unspecified atom stereocenters. The Kier molecular flexibility index (Phi) is 5.57. The van der Waals surface area contributed by atoms with Crippen molar-refractivity contribution in [3.05, 3.63) is 0 Å². The van der Waals surface area contributed by atoms with Crippen molar-refractivity contribution in [3.8, 4) is 0 Å². The van der Waals surface area contributed by atoms with Gasteiger partial charge in [-0.25, -0.2) is 4.79 Å². The van der Waals surface area contributed by atoms with Crippen LogP contribution in [0.15, 0.2) is 0 Å². The fourth-order valence-corrected chi connectivity index (χ4v) is 1.16. The molecule has 0 heterocycles. The Morgan fingerprint density at radius 1 is 1.25 bits per heavy atom. The molecular weight excluding hydrogens is 225 g/mol. The zero-order valence-corrected chi connectivity index (χ0v) is 9.32. The fourth-order valence-electron chi connectivity index (χ4n) is 1.16. The lowest BCUT2D eigenvalue weighted by atomic mass is 9.94. The predicted octanol–water partition coefficient (Wildman–Crippen LogP) is 1.40. The molecule has 0 aliphatic rings. The van der Waals surface area contributed by atoms with Crippen molar-refractivity contribution >= 4 is 6.03 Å². The molecule has 0 radical (unpaired) electrons. The molecule has 7 heteroatoms. The van der Waals surface area contributed by atoms with Crippen LogP contribution < -0.4 is 10.6 Å². The molecule has 0 aromatic heterocycles. The van der Waals surface area contributed by atoms with Gasteiger partial charge in [0.2, 0.25) is 0 Å². The van der Waals surface area contributed by atoms with Gasteiger partial charge in [-0.1, -0.05) is 13.8 Å². The highest BCUT2D eigenvalue weighted by atomic mass is 19.4. The molecule has 16 heavy (non-hydrogen) atoms. The van der Waals surface area contributed by atoms with Crippen LogP contribution in [0.2, 0.25) is 0 Å². The van der Waals surface area contributed by atoms with Gasteiger partial charge in [0, 0.05) is 0 Å². The average Bonchev–Trinajstić information content (AvgIpc) is 2.22. The highest BCUT2D eigenvalue weighted by molar-refractivity contribution is 5.74. The van der Waals surface area contributed by atoms with Crippen LogP contribution in [-0.4, -0.2) is 36.0 Å². The molecule has 0 spiro atoms. The van der Waals surface area contributed by atoms with Gasteiger partial charge in [0.1, 0.15) is 6.54 Å². The lowest BCUT2D eigenvalue weighted by Gasteiger charge is -2.30. The van der Waals surface area contributed by atoms with Crippen LogP contribution in [0.1, 0.15) is 26.7 Å². The van der Waals surface area contributed by atoms with E-state index in [9.17, 15) is 18.0 Å². The summed E-state index contributed by atoms with van der Waals surface area (Å²) in [4.78, 5) is 11.1. The van der Waals surface area contributed by atoms with Crippen molar-refractivity contribution in [1.29, 1.82) is 0 Å². The number of halogens is 3. The van der Waals surface area contributed by atoms with Crippen molar-refractivity contribution in [2.45, 2.75) is 38.4 Å². The number of aliphatic hydroxyl groups excluding tert-OH is 1. The van der Waals surface area contributed by atoms with Crippen LogP contribution in [0.25, 0.3) is 0 Å². The Bertz CT molecular complexity index is 219. The monoisotopic (exact) mass is 242 g/mol. The second-order valence-electron chi connectivity index (χ2n) is 3.57. The maximum atomic E-state index is 11.8. The lowest BCUT2D eigenvalue weighted by molar-refractivity contribution is -0.122. The van der Waals surface area contributed by atoms with Gasteiger partial charge in [-0.05, 0) is 12.8 Å². The quantitative estimate of drug-likeness (QED) is 0.682. The first-order valence-corrected chi connectivity index (χ1v) is 5.02. The smallest absolute Gasteiger partial charge is 0.394 e. The Balaban J connectivity index is 4.21. The number of amides is 2. The number of aliphatic hydroxyl groups is 1. The lowest BCUT2D eigenvalue weighted by Crippen LogP contribution is -2.54. The summed E-state index contributed by atoms with van der Waals surface area (Å²) in [6.45, 7) is 1.79. The van der Waals surface area contributed by atoms with Crippen LogP contribution in [0.5, 0.6) is 0 Å². The zero-order valence-electron chi connectivity index (χ0n) is 9.32. The molecule has 0 aliphatic carbocycles. The number of hydrogen-bond donors (Lipinski definition) is 3. The normalized spacial score (nSPS) is 12.4. The number of nitrogens with one attached hydrogen (secondary N) is 2. The van der Waals surface area contributed by atoms with Gasteiger partial charge in [-0.3, -0.25) is 0 Å². The van der Waals surface area contributed by atoms with Crippen molar-refractivity contribution < 1.29 is 23.1 Å². The van der Waals surface area contributed by atoms with E-state index in [4.69, 9.17) is 5.11 Å². The van der Waals surface area contributed by atoms with Crippen LogP contribution in [-0.2, 0) is 0 Å². The van der Waals surface area contributed by atoms with Gasteiger partial charge in [0.05, 0.1) is 12.1 Å². The molecule has 3 N–H and O–H groups in total. The van der Waals surface area contributed by atoms with E-state index in [1.807, 2.05) is 0 Å². The van der Waals surface area contributed by atoms with Crippen LogP contribution >= 0.6 is 0 Å². The molecule has 0 aromatic rings. The summed E-state index contributed by atoms with van der Waals surface area (Å²) in [6, 6.07) is -0.921. The minimum absolute atomic E-state index is 0.306. The second-order valence-corrected chi connectivity index (χ2v) is 3.57. The molecular formula is C9H17F3N2O2. The summed E-state index contributed by atoms with van der Waals surface area (Å²) >= 11 is 0. The average molecular weight is 242 g/mol. The number of hydrogen-bond acceptors (Lipinski definition) is 2. The Hall–Kier alpha value is -0.980. The maximum absolute atomic E-state index is 11.8. The van der Waals surface area contributed by atoms with Crippen molar-refractivity contribution in [3.63, 3.8) is 0 Å². The summed E-state index contributed by atoms with van der Waals surface area (Å²) in [7, 11) is 0. The van der Waals surface area contributed by atoms with E-state index in [0.29, 0.717) is 12.8 Å². The first-order valence-electron chi connectivity index (χ1n) is 5.02. The molecule has 4 nitrogen and oxygen atoms in total. The molecule has 0 bridgehead atoms. The number of rotatable bonds is 5. The molecule has 0 rings (SSSR count). The SMILES string of the molecule is CCC(CC)(CO)NC(=O)NCC(F)(F)F. The fraction of sp³-hybridized carbons (Fsp3) is 0.889. The molecule has 0 aromatic carbocycles. The van der Waals surface area contributed by atoms with Crippen molar-refractivity contribution in [1.82, 2.24) is 10.6 Å². The predicted molar refractivity (Wildman–Crippen MR) is 53.0 cm³/mol. The Morgan fingerprint density at radius 2 is 1.75 bits per heavy atom. The second kappa shape index (κ2) is 5.93. The zero-order chi connectivity index (χ0) is 12.8. The van der Waals surface area contributed by atoms with Crippen molar-refractivity contribution in [2.75, 3.05) is 13.2 Å². The van der Waals surface area contributed by atoms with E-state index in [2.05, 4.69) is 5.32 Å². The van der Waals surface area contributed by atoms with E-state index in [1.54, 1.807) is 19.2 Å². The number of carbonyl (C=O) groups is 1. The summed E-state index contributed by atoms with van der Waals surface area (Å²) in [5.74, 6) is 0. The molecule has 0 saturated carbocycles. The van der Waals surface area contributed by atoms with Crippen LogP contribution in [0.3, 0.4) is 0 Å². The molecule has 0 fully saturated rings. The van der Waals surface area contributed by atoms with E-state index >= 15 is 0 Å². The summed E-state index contributed by atoms with van der Waals surface area (Å²) in [6.07, 6.45) is -3.55. The third-order valence-corrected chi connectivity index (χ3v) is 2.48. The summed E-state index contributed by atoms with van der Waals surface area (Å²) in [5.41, 5.74) is -0.852. The van der Waals surface area contributed by atoms with E-state index < -0.39 is 24.3 Å². The van der Waals surface area contributed by atoms with Gasteiger partial charge in [0.25, 0.3) is 0 Å². The Labute approximate surface area is 92.2 Å². The first kappa shape index (κ1) is 15.0. The van der Waals surface area contributed by atoms with E-state index in [-0.39, 0.29) is 6.61 Å². The third-order valence-electron chi connectivity index (χ3n) is 2.48. The molecule has 0 atom stereocenters. The first-order chi connectivity index (χ1) is 7.28. The highest BCUT2D eigenvalue weighted by Crippen LogP contribution is 2.15. The molecule has 0 saturated heterocycles.